The van der Waals surface area contributed by atoms with Crippen LogP contribution < -0.4 is 0 Å². The minimum atomic E-state index is -0.497. The topological polar surface area (TPSA) is 4.93 Å². The van der Waals surface area contributed by atoms with Gasteiger partial charge < -0.3 is 4.57 Å². The van der Waals surface area contributed by atoms with Gasteiger partial charge in [0.05, 0.1) is 11.1 Å². The van der Waals surface area contributed by atoms with E-state index in [0.29, 0.717) is 0 Å². The van der Waals surface area contributed by atoms with E-state index in [4.69, 9.17) is 0 Å². The Morgan fingerprint density at radius 1 is 0.656 bits per heavy atom. The van der Waals surface area contributed by atoms with Crippen molar-refractivity contribution in [3.8, 4) is 23.1 Å². The van der Waals surface area contributed by atoms with Gasteiger partial charge in [-0.05, 0) is 36.2 Å². The van der Waals surface area contributed by atoms with Gasteiger partial charge in [0.1, 0.15) is 0 Å². The second-order valence-corrected chi connectivity index (χ2v) is 8.27. The van der Waals surface area contributed by atoms with Crippen LogP contribution in [-0.4, -0.2) is 4.57 Å². The number of rotatable bonds is 3. The first-order valence-electron chi connectivity index (χ1n) is 11.0. The molecule has 0 amide bonds. The maximum absolute atomic E-state index is 3.70. The van der Waals surface area contributed by atoms with Gasteiger partial charge in [-0.2, -0.15) is 0 Å². The number of nitrogens with zero attached hydrogens (tertiary/aromatic N) is 1. The fourth-order valence-electron chi connectivity index (χ4n) is 4.60. The van der Waals surface area contributed by atoms with E-state index < -0.39 is 5.41 Å². The van der Waals surface area contributed by atoms with Gasteiger partial charge in [0.15, 0.2) is 0 Å². The third-order valence-corrected chi connectivity index (χ3v) is 6.24. The molecular weight excluding hydrogens is 386 g/mol. The quantitative estimate of drug-likeness (QED) is 0.277. The normalized spacial score (nSPS) is 12.7. The van der Waals surface area contributed by atoms with E-state index in [2.05, 4.69) is 127 Å². The SMILES string of the molecule is Cn1c(-c2ccccc2)c(C(C)(C#Cc2ccccc2)c2ccccc2)c2ccccc21. The predicted octanol–water partition coefficient (Wildman–Crippen LogP) is 7.20. The number of para-hydroxylation sites is 1. The maximum Gasteiger partial charge on any atom is 0.0814 e. The number of aromatic nitrogens is 1. The Kier molecular flexibility index (Phi) is 5.13. The molecule has 32 heavy (non-hydrogen) atoms. The molecule has 0 N–H and O–H groups in total. The minimum absolute atomic E-state index is 0.497. The molecule has 0 radical (unpaired) electrons. The first kappa shape index (κ1) is 19.9. The number of hydrogen-bond acceptors (Lipinski definition) is 0. The summed E-state index contributed by atoms with van der Waals surface area (Å²) < 4.78 is 2.31. The summed E-state index contributed by atoms with van der Waals surface area (Å²) in [6.45, 7) is 2.26. The summed E-state index contributed by atoms with van der Waals surface area (Å²) in [6.07, 6.45) is 0. The monoisotopic (exact) mass is 411 g/mol. The zero-order valence-corrected chi connectivity index (χ0v) is 18.4. The molecule has 0 fully saturated rings. The number of fused-ring (bicyclic) bond motifs is 1. The van der Waals surface area contributed by atoms with Crippen molar-refractivity contribution in [3.05, 3.63) is 132 Å². The fourth-order valence-corrected chi connectivity index (χ4v) is 4.60. The molecule has 0 saturated carbocycles. The second kappa shape index (κ2) is 8.25. The van der Waals surface area contributed by atoms with Gasteiger partial charge in [-0.3, -0.25) is 0 Å². The highest BCUT2D eigenvalue weighted by atomic mass is 15.0. The summed E-state index contributed by atoms with van der Waals surface area (Å²) in [5, 5.41) is 1.24. The lowest BCUT2D eigenvalue weighted by Crippen LogP contribution is -2.22. The number of hydrogen-bond donors (Lipinski definition) is 0. The third kappa shape index (κ3) is 3.41. The van der Waals surface area contributed by atoms with Crippen molar-refractivity contribution >= 4 is 10.9 Å². The van der Waals surface area contributed by atoms with Gasteiger partial charge >= 0.3 is 0 Å². The summed E-state index contributed by atoms with van der Waals surface area (Å²) in [4.78, 5) is 0. The van der Waals surface area contributed by atoms with Crippen LogP contribution in [0.4, 0.5) is 0 Å². The molecule has 1 heteroatoms. The molecular formula is C31H25N. The Bertz CT molecular complexity index is 1420. The Morgan fingerprint density at radius 3 is 1.91 bits per heavy atom. The molecule has 1 heterocycles. The van der Waals surface area contributed by atoms with Crippen LogP contribution >= 0.6 is 0 Å². The highest BCUT2D eigenvalue weighted by Gasteiger charge is 2.34. The standard InChI is InChI=1S/C31H25N/c1-31(26-18-10-5-11-19-26,23-22-24-14-6-3-7-15-24)29-27-20-12-13-21-28(27)32(2)30(29)25-16-8-4-9-17-25/h3-21H,1-2H3. The van der Waals surface area contributed by atoms with E-state index >= 15 is 0 Å². The van der Waals surface area contributed by atoms with E-state index in [9.17, 15) is 0 Å². The Labute approximate surface area is 190 Å². The van der Waals surface area contributed by atoms with Gasteiger partial charge in [-0.15, -0.1) is 0 Å². The molecule has 1 atom stereocenters. The van der Waals surface area contributed by atoms with E-state index in [-0.39, 0.29) is 0 Å². The summed E-state index contributed by atoms with van der Waals surface area (Å²) in [5.74, 6) is 7.17. The van der Waals surface area contributed by atoms with Crippen molar-refractivity contribution in [1.29, 1.82) is 0 Å². The second-order valence-electron chi connectivity index (χ2n) is 8.27. The molecule has 0 saturated heterocycles. The molecule has 0 aliphatic heterocycles. The van der Waals surface area contributed by atoms with Crippen LogP contribution in [0.1, 0.15) is 23.6 Å². The first-order chi connectivity index (χ1) is 15.7. The van der Waals surface area contributed by atoms with Crippen molar-refractivity contribution in [2.24, 2.45) is 7.05 Å². The molecule has 154 valence electrons. The lowest BCUT2D eigenvalue weighted by Gasteiger charge is -2.27. The summed E-state index contributed by atoms with van der Waals surface area (Å²) in [6, 6.07) is 40.2. The first-order valence-corrected chi connectivity index (χ1v) is 11.0. The maximum atomic E-state index is 3.70. The van der Waals surface area contributed by atoms with Gasteiger partial charge in [0.25, 0.3) is 0 Å². The predicted molar refractivity (Wildman–Crippen MR) is 135 cm³/mol. The zero-order valence-electron chi connectivity index (χ0n) is 18.4. The molecule has 5 rings (SSSR count). The molecule has 0 aliphatic carbocycles. The van der Waals surface area contributed by atoms with Crippen LogP contribution in [0.15, 0.2) is 115 Å². The third-order valence-electron chi connectivity index (χ3n) is 6.24. The lowest BCUT2D eigenvalue weighted by molar-refractivity contribution is 0.757. The molecule has 1 nitrogen and oxygen atoms in total. The van der Waals surface area contributed by atoms with E-state index in [1.165, 1.54) is 33.3 Å². The number of aryl methyl sites for hydroxylation is 1. The molecule has 0 aliphatic rings. The van der Waals surface area contributed by atoms with Crippen LogP contribution in [0.3, 0.4) is 0 Å². The van der Waals surface area contributed by atoms with Gasteiger partial charge in [0, 0.05) is 29.1 Å². The average Bonchev–Trinajstić information content (AvgIpc) is 3.17. The van der Waals surface area contributed by atoms with Crippen molar-refractivity contribution in [2.45, 2.75) is 12.3 Å². The van der Waals surface area contributed by atoms with Crippen molar-refractivity contribution in [3.63, 3.8) is 0 Å². The Hall–Kier alpha value is -4.02. The summed E-state index contributed by atoms with van der Waals surface area (Å²) in [5.41, 5.74) is 6.59. The highest BCUT2D eigenvalue weighted by Crippen LogP contribution is 2.43. The van der Waals surface area contributed by atoms with E-state index in [0.717, 1.165) is 5.56 Å². The van der Waals surface area contributed by atoms with E-state index in [1.54, 1.807) is 0 Å². The molecule has 1 unspecified atom stereocenters. The minimum Gasteiger partial charge on any atom is -0.343 e. The fraction of sp³-hybridized carbons (Fsp3) is 0.0968. The van der Waals surface area contributed by atoms with Gasteiger partial charge in [-0.25, -0.2) is 0 Å². The van der Waals surface area contributed by atoms with Crippen LogP contribution in [0.25, 0.3) is 22.2 Å². The smallest absolute Gasteiger partial charge is 0.0814 e. The van der Waals surface area contributed by atoms with Crippen LogP contribution in [-0.2, 0) is 12.5 Å². The van der Waals surface area contributed by atoms with Crippen molar-refractivity contribution < 1.29 is 0 Å². The Morgan fingerprint density at radius 2 is 1.22 bits per heavy atom. The molecule has 4 aromatic carbocycles. The van der Waals surface area contributed by atoms with Crippen LogP contribution in [0, 0.1) is 11.8 Å². The van der Waals surface area contributed by atoms with Crippen molar-refractivity contribution in [1.82, 2.24) is 4.57 Å². The highest BCUT2D eigenvalue weighted by molar-refractivity contribution is 5.94. The summed E-state index contributed by atoms with van der Waals surface area (Å²) in [7, 11) is 2.16. The lowest BCUT2D eigenvalue weighted by atomic mass is 9.74. The zero-order chi connectivity index (χ0) is 22.0. The van der Waals surface area contributed by atoms with E-state index in [1.807, 2.05) is 18.2 Å². The average molecular weight is 412 g/mol. The van der Waals surface area contributed by atoms with Gasteiger partial charge in [0.2, 0.25) is 0 Å². The molecule has 0 spiro atoms. The van der Waals surface area contributed by atoms with Crippen LogP contribution in [0.2, 0.25) is 0 Å². The molecule has 0 bridgehead atoms. The largest absolute Gasteiger partial charge is 0.343 e. The molecule has 5 aromatic rings. The summed E-state index contributed by atoms with van der Waals surface area (Å²) >= 11 is 0. The van der Waals surface area contributed by atoms with Crippen LogP contribution in [0.5, 0.6) is 0 Å². The van der Waals surface area contributed by atoms with Gasteiger partial charge in [-0.1, -0.05) is 109 Å². The number of benzene rings is 4. The molecule has 1 aromatic heterocycles. The Balaban J connectivity index is 1.87. The van der Waals surface area contributed by atoms with Crippen molar-refractivity contribution in [2.75, 3.05) is 0 Å².